The first kappa shape index (κ1) is 34.7. The van der Waals surface area contributed by atoms with Crippen molar-refractivity contribution in [1.82, 2.24) is 4.57 Å². The van der Waals surface area contributed by atoms with Crippen LogP contribution in [0.25, 0.3) is 82.8 Å². The number of nitrogens with one attached hydrogen (secondary N) is 2. The van der Waals surface area contributed by atoms with E-state index in [-0.39, 0.29) is 11.8 Å². The van der Waals surface area contributed by atoms with Crippen molar-refractivity contribution in [3.05, 3.63) is 223 Å². The fourth-order valence-electron chi connectivity index (χ4n) is 8.24. The summed E-state index contributed by atoms with van der Waals surface area (Å²) in [6, 6.07) is 73.7. The van der Waals surface area contributed by atoms with Crippen LogP contribution in [0.15, 0.2) is 212 Å². The molecular weight excluding hydrogens is 707 g/mol. The van der Waals surface area contributed by atoms with Crippen LogP contribution in [0.3, 0.4) is 0 Å². The summed E-state index contributed by atoms with van der Waals surface area (Å²) >= 11 is 0. The number of rotatable bonds is 7. The lowest BCUT2D eigenvalue weighted by molar-refractivity contribution is 0.538. The Kier molecular flexibility index (Phi) is 8.77. The maximum Gasteiger partial charge on any atom is 0.221 e. The molecule has 274 valence electrons. The normalized spacial score (nSPS) is 11.2. The minimum atomic E-state index is -0.0614. The van der Waals surface area contributed by atoms with Gasteiger partial charge in [-0.3, -0.25) is 10.8 Å². The van der Waals surface area contributed by atoms with E-state index >= 15 is 0 Å². The Morgan fingerprint density at radius 3 is 1.55 bits per heavy atom. The minimum absolute atomic E-state index is 0.0502. The molecule has 0 saturated carbocycles. The van der Waals surface area contributed by atoms with E-state index in [2.05, 4.69) is 162 Å². The number of aromatic nitrogens is 1. The van der Waals surface area contributed by atoms with E-state index in [1.165, 1.54) is 38.2 Å². The quantitative estimate of drug-likeness (QED) is 0.124. The first-order valence-corrected chi connectivity index (χ1v) is 19.4. The average Bonchev–Trinajstić information content (AvgIpc) is 3.63. The number of para-hydroxylation sites is 1. The Bertz CT molecular complexity index is 3150. The molecule has 10 aromatic rings. The molecule has 2 N–H and O–H groups in total. The third kappa shape index (κ3) is 6.23. The maximum atomic E-state index is 8.54. The number of ether oxygens (including phenoxy) is 1. The summed E-state index contributed by atoms with van der Waals surface area (Å²) in [6.45, 7) is 0. The van der Waals surface area contributed by atoms with Crippen LogP contribution in [0.2, 0.25) is 0 Å². The second kappa shape index (κ2) is 14.7. The zero-order valence-electron chi connectivity index (χ0n) is 31.6. The SMILES string of the molecule is N=C(OC(=N)c1ccc(-c2ccccc2-c2ccccc2-c2ccc3c(c2)c2ccccc2n3-c2ccc(-c3cccc4ccccc34)cc2)cc1)c1ccccc1. The van der Waals surface area contributed by atoms with Gasteiger partial charge in [0.15, 0.2) is 0 Å². The van der Waals surface area contributed by atoms with Gasteiger partial charge in [0, 0.05) is 27.6 Å². The van der Waals surface area contributed by atoms with E-state index in [0.29, 0.717) is 11.1 Å². The van der Waals surface area contributed by atoms with Crippen LogP contribution in [0.5, 0.6) is 0 Å². The fraction of sp³-hybridized carbons (Fsp3) is 0. The second-order valence-electron chi connectivity index (χ2n) is 14.5. The molecule has 0 fully saturated rings. The van der Waals surface area contributed by atoms with Crippen LogP contribution in [-0.4, -0.2) is 16.4 Å². The van der Waals surface area contributed by atoms with Crippen molar-refractivity contribution in [3.8, 4) is 50.2 Å². The standard InChI is InChI=1S/C54H37N3O/c55-53(39-14-2-1-3-15-39)58-54(56)40-27-25-37(26-28-40)45-18-6-8-20-47(45)48-21-9-7-19-46(48)41-31-34-52-50(35-41)49-22-10-11-24-51(49)57(52)42-32-29-38(30-33-42)44-23-12-16-36-13-4-5-17-43(36)44/h1-35,55-56H. The molecule has 1 aromatic heterocycles. The molecule has 0 radical (unpaired) electrons. The van der Waals surface area contributed by atoms with Crippen LogP contribution in [0, 0.1) is 10.8 Å². The average molecular weight is 744 g/mol. The van der Waals surface area contributed by atoms with Gasteiger partial charge < -0.3 is 9.30 Å². The largest absolute Gasteiger partial charge is 0.421 e. The van der Waals surface area contributed by atoms with Crippen LogP contribution < -0.4 is 0 Å². The Labute approximate surface area is 336 Å². The molecule has 0 atom stereocenters. The molecule has 0 aliphatic carbocycles. The van der Waals surface area contributed by atoms with E-state index in [1.807, 2.05) is 42.5 Å². The summed E-state index contributed by atoms with van der Waals surface area (Å²) in [5.41, 5.74) is 13.8. The molecule has 4 heteroatoms. The molecule has 0 saturated heterocycles. The fourth-order valence-corrected chi connectivity index (χ4v) is 8.24. The molecule has 9 aromatic carbocycles. The lowest BCUT2D eigenvalue weighted by Gasteiger charge is -2.16. The summed E-state index contributed by atoms with van der Waals surface area (Å²) in [4.78, 5) is 0. The molecule has 0 aliphatic heterocycles. The van der Waals surface area contributed by atoms with Gasteiger partial charge in [-0.05, 0) is 110 Å². The van der Waals surface area contributed by atoms with Crippen molar-refractivity contribution in [2.75, 3.05) is 0 Å². The molecule has 0 spiro atoms. The van der Waals surface area contributed by atoms with Crippen molar-refractivity contribution < 1.29 is 4.74 Å². The Morgan fingerprint density at radius 1 is 0.345 bits per heavy atom. The smallest absolute Gasteiger partial charge is 0.221 e. The first-order chi connectivity index (χ1) is 28.6. The highest BCUT2D eigenvalue weighted by molar-refractivity contribution is 6.11. The Morgan fingerprint density at radius 2 is 0.828 bits per heavy atom. The zero-order valence-corrected chi connectivity index (χ0v) is 31.6. The van der Waals surface area contributed by atoms with Gasteiger partial charge in [-0.1, -0.05) is 158 Å². The van der Waals surface area contributed by atoms with E-state index < -0.39 is 0 Å². The summed E-state index contributed by atoms with van der Waals surface area (Å²) in [7, 11) is 0. The maximum absolute atomic E-state index is 8.54. The molecule has 4 nitrogen and oxygen atoms in total. The Balaban J connectivity index is 0.998. The predicted octanol–water partition coefficient (Wildman–Crippen LogP) is 14.0. The molecule has 10 rings (SSSR count). The third-order valence-electron chi connectivity index (χ3n) is 11.1. The van der Waals surface area contributed by atoms with Gasteiger partial charge in [0.1, 0.15) is 0 Å². The van der Waals surface area contributed by atoms with E-state index in [4.69, 9.17) is 15.6 Å². The van der Waals surface area contributed by atoms with Crippen LogP contribution in [0.1, 0.15) is 11.1 Å². The van der Waals surface area contributed by atoms with Gasteiger partial charge in [0.05, 0.1) is 11.0 Å². The topological polar surface area (TPSA) is 61.9 Å². The molecule has 58 heavy (non-hydrogen) atoms. The summed E-state index contributed by atoms with van der Waals surface area (Å²) in [5, 5.41) is 21.8. The van der Waals surface area contributed by atoms with Crippen molar-refractivity contribution in [2.24, 2.45) is 0 Å². The van der Waals surface area contributed by atoms with Gasteiger partial charge in [-0.15, -0.1) is 0 Å². The monoisotopic (exact) mass is 743 g/mol. The number of benzene rings is 9. The van der Waals surface area contributed by atoms with Crippen LogP contribution >= 0.6 is 0 Å². The van der Waals surface area contributed by atoms with Gasteiger partial charge >= 0.3 is 0 Å². The lowest BCUT2D eigenvalue weighted by atomic mass is 9.89. The van der Waals surface area contributed by atoms with Crippen molar-refractivity contribution in [1.29, 1.82) is 10.8 Å². The number of fused-ring (bicyclic) bond motifs is 4. The van der Waals surface area contributed by atoms with Crippen LogP contribution in [0.4, 0.5) is 0 Å². The number of hydrogen-bond acceptors (Lipinski definition) is 3. The van der Waals surface area contributed by atoms with Crippen molar-refractivity contribution >= 4 is 44.4 Å². The van der Waals surface area contributed by atoms with Crippen molar-refractivity contribution in [3.63, 3.8) is 0 Å². The first-order valence-electron chi connectivity index (χ1n) is 19.4. The van der Waals surface area contributed by atoms with Gasteiger partial charge in [-0.2, -0.15) is 0 Å². The van der Waals surface area contributed by atoms with E-state index in [9.17, 15) is 0 Å². The molecule has 0 unspecified atom stereocenters. The summed E-state index contributed by atoms with van der Waals surface area (Å²) < 4.78 is 7.99. The van der Waals surface area contributed by atoms with E-state index in [0.717, 1.165) is 44.6 Å². The summed E-state index contributed by atoms with van der Waals surface area (Å²) in [6.07, 6.45) is 0. The highest BCUT2D eigenvalue weighted by Crippen LogP contribution is 2.41. The van der Waals surface area contributed by atoms with Gasteiger partial charge in [0.25, 0.3) is 0 Å². The van der Waals surface area contributed by atoms with E-state index in [1.54, 1.807) is 12.1 Å². The predicted molar refractivity (Wildman–Crippen MR) is 241 cm³/mol. The van der Waals surface area contributed by atoms with Crippen LogP contribution in [-0.2, 0) is 4.74 Å². The number of hydrogen-bond donors (Lipinski definition) is 2. The zero-order chi connectivity index (χ0) is 39.0. The number of nitrogens with zero attached hydrogens (tertiary/aromatic N) is 1. The molecular formula is C54H37N3O. The lowest BCUT2D eigenvalue weighted by Crippen LogP contribution is -2.12. The second-order valence-corrected chi connectivity index (χ2v) is 14.5. The molecule has 0 bridgehead atoms. The molecule has 0 amide bonds. The Hall–Kier alpha value is -7.82. The van der Waals surface area contributed by atoms with Crippen molar-refractivity contribution in [2.45, 2.75) is 0 Å². The summed E-state index contributed by atoms with van der Waals surface area (Å²) in [5.74, 6) is -0.112. The highest BCUT2D eigenvalue weighted by atomic mass is 16.5. The molecule has 1 heterocycles. The minimum Gasteiger partial charge on any atom is -0.421 e. The molecule has 0 aliphatic rings. The third-order valence-corrected chi connectivity index (χ3v) is 11.1. The van der Waals surface area contributed by atoms with Gasteiger partial charge in [-0.25, -0.2) is 0 Å². The highest BCUT2D eigenvalue weighted by Gasteiger charge is 2.17. The van der Waals surface area contributed by atoms with Gasteiger partial charge in [0.2, 0.25) is 11.8 Å².